The number of sulfonamides is 1. The van der Waals surface area contributed by atoms with Crippen molar-refractivity contribution in [3.05, 3.63) is 52.6 Å². The Balaban J connectivity index is 1.40. The first-order chi connectivity index (χ1) is 13.4. The zero-order chi connectivity index (χ0) is 19.7. The molecular weight excluding hydrogens is 374 g/mol. The highest BCUT2D eigenvalue weighted by atomic mass is 32.2. The van der Waals surface area contributed by atoms with Crippen molar-refractivity contribution in [3.8, 4) is 0 Å². The van der Waals surface area contributed by atoms with E-state index in [-0.39, 0.29) is 23.8 Å². The number of rotatable bonds is 6. The van der Waals surface area contributed by atoms with Crippen LogP contribution in [-0.2, 0) is 40.5 Å². The average Bonchev–Trinajstić information content (AvgIpc) is 3.30. The molecule has 0 saturated carbocycles. The number of hydrogen-bond acceptors (Lipinski definition) is 4. The van der Waals surface area contributed by atoms with E-state index in [4.69, 9.17) is 5.73 Å². The fraction of sp³-hybridized carbons (Fsp3) is 0.381. The molecule has 0 atom stereocenters. The second kappa shape index (κ2) is 7.56. The largest absolute Gasteiger partial charge is 0.399 e. The normalized spacial score (nSPS) is 15.3. The number of nitrogens with two attached hydrogens (primary N) is 1. The zero-order valence-corrected chi connectivity index (χ0v) is 16.6. The number of anilines is 2. The number of carbonyl (C=O) groups is 1. The zero-order valence-electron chi connectivity index (χ0n) is 15.8. The van der Waals surface area contributed by atoms with Gasteiger partial charge in [-0.05, 0) is 85.0 Å². The number of nitrogen functional groups attached to an aromatic ring is 1. The summed E-state index contributed by atoms with van der Waals surface area (Å²) in [6.45, 7) is 0.0513. The summed E-state index contributed by atoms with van der Waals surface area (Å²) >= 11 is 0. The number of carbonyl (C=O) groups excluding carboxylic acids is 1. The van der Waals surface area contributed by atoms with E-state index in [2.05, 4.69) is 16.1 Å². The minimum atomic E-state index is -3.65. The van der Waals surface area contributed by atoms with Crippen molar-refractivity contribution in [2.75, 3.05) is 17.6 Å². The monoisotopic (exact) mass is 399 g/mol. The molecule has 0 radical (unpaired) electrons. The van der Waals surface area contributed by atoms with Crippen molar-refractivity contribution in [2.45, 2.75) is 49.8 Å². The lowest BCUT2D eigenvalue weighted by atomic mass is 9.98. The van der Waals surface area contributed by atoms with Crippen LogP contribution in [0.5, 0.6) is 0 Å². The highest BCUT2D eigenvalue weighted by Crippen LogP contribution is 2.38. The van der Waals surface area contributed by atoms with Gasteiger partial charge in [0.05, 0.1) is 4.90 Å². The molecule has 0 saturated heterocycles. The van der Waals surface area contributed by atoms with E-state index in [1.54, 1.807) is 0 Å². The third kappa shape index (κ3) is 3.77. The summed E-state index contributed by atoms with van der Waals surface area (Å²) in [4.78, 5) is 12.7. The van der Waals surface area contributed by atoms with Gasteiger partial charge in [0.15, 0.2) is 0 Å². The van der Waals surface area contributed by atoms with Crippen LogP contribution >= 0.6 is 0 Å². The topological polar surface area (TPSA) is 101 Å². The van der Waals surface area contributed by atoms with E-state index < -0.39 is 10.0 Å². The highest BCUT2D eigenvalue weighted by molar-refractivity contribution is 7.89. The van der Waals surface area contributed by atoms with E-state index >= 15 is 0 Å². The first-order valence-corrected chi connectivity index (χ1v) is 11.2. The van der Waals surface area contributed by atoms with Gasteiger partial charge >= 0.3 is 0 Å². The molecule has 2 aromatic carbocycles. The van der Waals surface area contributed by atoms with Gasteiger partial charge in [0.2, 0.25) is 15.9 Å². The van der Waals surface area contributed by atoms with Gasteiger partial charge in [-0.3, -0.25) is 4.79 Å². The smallest absolute Gasteiger partial charge is 0.240 e. The van der Waals surface area contributed by atoms with Gasteiger partial charge in [0.25, 0.3) is 0 Å². The highest BCUT2D eigenvalue weighted by Gasteiger charge is 2.25. The van der Waals surface area contributed by atoms with Crippen LogP contribution in [0.15, 0.2) is 35.2 Å². The second-order valence-electron chi connectivity index (χ2n) is 7.50. The maximum Gasteiger partial charge on any atom is 0.240 e. The molecule has 148 valence electrons. The number of hydrogen-bond donors (Lipinski definition) is 3. The van der Waals surface area contributed by atoms with Crippen LogP contribution in [0.2, 0.25) is 0 Å². The Morgan fingerprint density at radius 2 is 1.57 bits per heavy atom. The molecule has 0 unspecified atom stereocenters. The van der Waals surface area contributed by atoms with Crippen molar-refractivity contribution in [1.29, 1.82) is 0 Å². The minimum Gasteiger partial charge on any atom is -0.399 e. The first kappa shape index (κ1) is 19.0. The maximum absolute atomic E-state index is 12.5. The molecule has 0 aromatic heterocycles. The Bertz CT molecular complexity index is 982. The SMILES string of the molecule is Nc1ccc(S(=O)(=O)NCCC(=O)Nc2c3c(cc4c2CCC4)CCC3)cc1. The lowest BCUT2D eigenvalue weighted by Gasteiger charge is -2.16. The summed E-state index contributed by atoms with van der Waals surface area (Å²) in [6.07, 6.45) is 6.50. The molecule has 0 spiro atoms. The number of fused-ring (bicyclic) bond motifs is 2. The molecule has 4 rings (SSSR count). The van der Waals surface area contributed by atoms with Gasteiger partial charge in [0.1, 0.15) is 0 Å². The van der Waals surface area contributed by atoms with Gasteiger partial charge < -0.3 is 11.1 Å². The maximum atomic E-state index is 12.5. The van der Waals surface area contributed by atoms with Crippen molar-refractivity contribution in [1.82, 2.24) is 4.72 Å². The lowest BCUT2D eigenvalue weighted by Crippen LogP contribution is -2.28. The fourth-order valence-electron chi connectivity index (χ4n) is 4.20. The predicted octanol–water partition coefficient (Wildman–Crippen LogP) is 2.55. The molecule has 2 aromatic rings. The van der Waals surface area contributed by atoms with Crippen molar-refractivity contribution in [3.63, 3.8) is 0 Å². The van der Waals surface area contributed by atoms with Crippen LogP contribution in [0.4, 0.5) is 11.4 Å². The first-order valence-electron chi connectivity index (χ1n) is 9.75. The van der Waals surface area contributed by atoms with E-state index in [1.807, 2.05) is 0 Å². The molecule has 0 heterocycles. The predicted molar refractivity (Wildman–Crippen MR) is 110 cm³/mol. The van der Waals surface area contributed by atoms with Gasteiger partial charge in [0, 0.05) is 24.3 Å². The van der Waals surface area contributed by atoms with Crippen molar-refractivity contribution in [2.24, 2.45) is 0 Å². The molecule has 0 bridgehead atoms. The molecule has 6 nitrogen and oxygen atoms in total. The quantitative estimate of drug-likeness (QED) is 0.650. The second-order valence-corrected chi connectivity index (χ2v) is 9.27. The Hall–Kier alpha value is -2.38. The Kier molecular flexibility index (Phi) is 5.12. The van der Waals surface area contributed by atoms with E-state index in [0.717, 1.165) is 44.2 Å². The summed E-state index contributed by atoms with van der Waals surface area (Å²) in [5.41, 5.74) is 12.4. The van der Waals surface area contributed by atoms with Crippen LogP contribution in [0, 0.1) is 0 Å². The summed E-state index contributed by atoms with van der Waals surface area (Å²) in [6, 6.07) is 8.30. The molecular formula is C21H25N3O3S. The molecule has 2 aliphatic carbocycles. The average molecular weight is 400 g/mol. The van der Waals surface area contributed by atoms with E-state index in [9.17, 15) is 13.2 Å². The Morgan fingerprint density at radius 3 is 2.18 bits per heavy atom. The van der Waals surface area contributed by atoms with E-state index in [0.29, 0.717) is 5.69 Å². The van der Waals surface area contributed by atoms with Crippen molar-refractivity contribution < 1.29 is 13.2 Å². The Labute approximate surface area is 165 Å². The van der Waals surface area contributed by atoms with Crippen LogP contribution in [0.3, 0.4) is 0 Å². The van der Waals surface area contributed by atoms with Crippen LogP contribution in [0.1, 0.15) is 41.5 Å². The molecule has 1 amide bonds. The van der Waals surface area contributed by atoms with Gasteiger partial charge in [-0.2, -0.15) is 0 Å². The van der Waals surface area contributed by atoms with Crippen molar-refractivity contribution >= 4 is 27.3 Å². The van der Waals surface area contributed by atoms with Gasteiger partial charge in [-0.25, -0.2) is 13.1 Å². The summed E-state index contributed by atoms with van der Waals surface area (Å²) < 4.78 is 27.1. The number of amides is 1. The van der Waals surface area contributed by atoms with E-state index in [1.165, 1.54) is 46.5 Å². The fourth-order valence-corrected chi connectivity index (χ4v) is 5.23. The summed E-state index contributed by atoms with van der Waals surface area (Å²) in [5.74, 6) is -0.158. The number of aryl methyl sites for hydroxylation is 2. The van der Waals surface area contributed by atoms with Gasteiger partial charge in [-0.1, -0.05) is 6.07 Å². The molecule has 28 heavy (non-hydrogen) atoms. The molecule has 4 N–H and O–H groups in total. The van der Waals surface area contributed by atoms with Gasteiger partial charge in [-0.15, -0.1) is 0 Å². The summed E-state index contributed by atoms with van der Waals surface area (Å²) in [7, 11) is -3.65. The summed E-state index contributed by atoms with van der Waals surface area (Å²) in [5, 5.41) is 3.09. The van der Waals surface area contributed by atoms with Crippen LogP contribution < -0.4 is 15.8 Å². The third-order valence-electron chi connectivity index (χ3n) is 5.57. The number of nitrogens with one attached hydrogen (secondary N) is 2. The lowest BCUT2D eigenvalue weighted by molar-refractivity contribution is -0.116. The third-order valence-corrected chi connectivity index (χ3v) is 7.05. The number of benzene rings is 2. The van der Waals surface area contributed by atoms with Crippen LogP contribution in [-0.4, -0.2) is 20.9 Å². The minimum absolute atomic E-state index is 0.0513. The Morgan fingerprint density at radius 1 is 0.964 bits per heavy atom. The molecule has 0 fully saturated rings. The standard InChI is InChI=1S/C21H25N3O3S/c22-16-7-9-17(10-8-16)28(26,27)23-12-11-20(25)24-21-18-5-1-3-14(18)13-15-4-2-6-19(15)21/h7-10,13,23H,1-6,11-12,22H2,(H,24,25). The molecule has 7 heteroatoms. The molecule has 0 aliphatic heterocycles. The molecule has 2 aliphatic rings. The van der Waals surface area contributed by atoms with Crippen LogP contribution in [0.25, 0.3) is 0 Å².